The third-order valence-corrected chi connectivity index (χ3v) is 7.09. The fourth-order valence-corrected chi connectivity index (χ4v) is 5.32. The predicted molar refractivity (Wildman–Crippen MR) is 124 cm³/mol. The lowest BCUT2D eigenvalue weighted by Crippen LogP contribution is -2.51. The van der Waals surface area contributed by atoms with Gasteiger partial charge in [-0.3, -0.25) is 9.69 Å². The monoisotopic (exact) mass is 427 g/mol. The molecule has 1 aromatic carbocycles. The number of hydrogen-bond donors (Lipinski definition) is 2. The van der Waals surface area contributed by atoms with Gasteiger partial charge < -0.3 is 20.4 Å². The molecule has 0 atom stereocenters. The summed E-state index contributed by atoms with van der Waals surface area (Å²) in [5, 5.41) is 5.85. The van der Waals surface area contributed by atoms with Crippen molar-refractivity contribution in [2.75, 3.05) is 50.7 Å². The summed E-state index contributed by atoms with van der Waals surface area (Å²) in [6.45, 7) is 7.88. The van der Waals surface area contributed by atoms with E-state index in [0.717, 1.165) is 69.4 Å². The molecule has 2 N–H and O–H groups in total. The smallest absolute Gasteiger partial charge is 0.314 e. The maximum atomic E-state index is 13.4. The SMILES string of the molecule is CCNC(=O)NC1CCN(c2ccccc2C(=O)N2CCN(C3CCCC3)CC2)CC1. The molecule has 2 saturated heterocycles. The number of urea groups is 1. The molecule has 170 valence electrons. The first-order valence-corrected chi connectivity index (χ1v) is 12.1. The maximum absolute atomic E-state index is 13.4. The number of para-hydroxylation sites is 1. The molecule has 3 fully saturated rings. The van der Waals surface area contributed by atoms with Gasteiger partial charge in [-0.15, -0.1) is 0 Å². The van der Waals surface area contributed by atoms with Gasteiger partial charge >= 0.3 is 6.03 Å². The number of piperidine rings is 1. The van der Waals surface area contributed by atoms with Crippen molar-refractivity contribution in [3.63, 3.8) is 0 Å². The Morgan fingerprint density at radius 3 is 2.29 bits per heavy atom. The number of nitrogens with one attached hydrogen (secondary N) is 2. The standard InChI is InChI=1S/C24H37N5O2/c1-2-25-24(31)26-19-11-13-28(14-12-19)22-10-6-5-9-21(22)23(30)29-17-15-27(16-18-29)20-7-3-4-8-20/h5-6,9-10,19-20H,2-4,7-8,11-18H2,1H3,(H2,25,26,31). The Hall–Kier alpha value is -2.28. The van der Waals surface area contributed by atoms with E-state index in [1.165, 1.54) is 25.7 Å². The molecule has 3 aliphatic rings. The lowest BCUT2D eigenvalue weighted by atomic mass is 10.0. The summed E-state index contributed by atoms with van der Waals surface area (Å²) in [6.07, 6.45) is 7.13. The Labute approximate surface area is 186 Å². The third kappa shape index (κ3) is 5.32. The molecule has 7 heteroatoms. The zero-order valence-corrected chi connectivity index (χ0v) is 18.8. The molecule has 0 aromatic heterocycles. The van der Waals surface area contributed by atoms with Crippen LogP contribution in [-0.4, -0.2) is 79.6 Å². The molecule has 0 radical (unpaired) electrons. The summed E-state index contributed by atoms with van der Waals surface area (Å²) in [5.41, 5.74) is 1.84. The minimum Gasteiger partial charge on any atom is -0.371 e. The van der Waals surface area contributed by atoms with Crippen molar-refractivity contribution in [2.24, 2.45) is 0 Å². The van der Waals surface area contributed by atoms with Crippen molar-refractivity contribution in [1.29, 1.82) is 0 Å². The highest BCUT2D eigenvalue weighted by Gasteiger charge is 2.30. The third-order valence-electron chi connectivity index (χ3n) is 7.09. The molecule has 3 amide bonds. The normalized spacial score (nSPS) is 21.3. The lowest BCUT2D eigenvalue weighted by Gasteiger charge is -2.39. The van der Waals surface area contributed by atoms with E-state index in [1.807, 2.05) is 30.0 Å². The average molecular weight is 428 g/mol. The molecule has 0 unspecified atom stereocenters. The van der Waals surface area contributed by atoms with Crippen LogP contribution < -0.4 is 15.5 Å². The number of rotatable bonds is 5. The fraction of sp³-hybridized carbons (Fsp3) is 0.667. The number of benzene rings is 1. The highest BCUT2D eigenvalue weighted by molar-refractivity contribution is 6.00. The van der Waals surface area contributed by atoms with Crippen LogP contribution in [0.1, 0.15) is 55.8 Å². The Bertz CT molecular complexity index is 748. The Morgan fingerprint density at radius 1 is 0.935 bits per heavy atom. The Kier molecular flexibility index (Phi) is 7.33. The van der Waals surface area contributed by atoms with Gasteiger partial charge in [-0.2, -0.15) is 0 Å². The first-order chi connectivity index (χ1) is 15.2. The van der Waals surface area contributed by atoms with Gasteiger partial charge in [0.25, 0.3) is 5.91 Å². The van der Waals surface area contributed by atoms with Crippen molar-refractivity contribution >= 4 is 17.6 Å². The average Bonchev–Trinajstić information content (AvgIpc) is 3.34. The van der Waals surface area contributed by atoms with E-state index in [0.29, 0.717) is 6.54 Å². The number of carbonyl (C=O) groups is 2. The number of amides is 3. The molecule has 0 spiro atoms. The molecule has 2 aliphatic heterocycles. The van der Waals surface area contributed by atoms with Crippen LogP contribution in [0.2, 0.25) is 0 Å². The molecule has 1 saturated carbocycles. The second-order valence-corrected chi connectivity index (χ2v) is 9.05. The lowest BCUT2D eigenvalue weighted by molar-refractivity contribution is 0.0574. The van der Waals surface area contributed by atoms with Gasteiger partial charge in [0, 0.05) is 63.6 Å². The van der Waals surface area contributed by atoms with E-state index in [9.17, 15) is 9.59 Å². The van der Waals surface area contributed by atoms with Crippen LogP contribution in [0.4, 0.5) is 10.5 Å². The van der Waals surface area contributed by atoms with Gasteiger partial charge in [0.15, 0.2) is 0 Å². The predicted octanol–water partition coefficient (Wildman–Crippen LogP) is 2.67. The quantitative estimate of drug-likeness (QED) is 0.758. The minimum absolute atomic E-state index is 0.0896. The second kappa shape index (κ2) is 10.4. The summed E-state index contributed by atoms with van der Waals surface area (Å²) in [4.78, 5) is 32.1. The summed E-state index contributed by atoms with van der Waals surface area (Å²) >= 11 is 0. The number of carbonyl (C=O) groups excluding carboxylic acids is 2. The van der Waals surface area contributed by atoms with Crippen molar-refractivity contribution in [2.45, 2.75) is 57.5 Å². The van der Waals surface area contributed by atoms with Crippen LogP contribution in [0, 0.1) is 0 Å². The van der Waals surface area contributed by atoms with Gasteiger partial charge in [0.1, 0.15) is 0 Å². The summed E-state index contributed by atoms with van der Waals surface area (Å²) in [5.74, 6) is 0.157. The van der Waals surface area contributed by atoms with Gasteiger partial charge in [0.2, 0.25) is 0 Å². The van der Waals surface area contributed by atoms with E-state index in [1.54, 1.807) is 0 Å². The summed E-state index contributed by atoms with van der Waals surface area (Å²) in [7, 11) is 0. The van der Waals surface area contributed by atoms with Gasteiger partial charge in [-0.1, -0.05) is 25.0 Å². The molecular formula is C24H37N5O2. The zero-order chi connectivity index (χ0) is 21.6. The second-order valence-electron chi connectivity index (χ2n) is 9.05. The van der Waals surface area contributed by atoms with Crippen LogP contribution in [0.5, 0.6) is 0 Å². The topological polar surface area (TPSA) is 67.9 Å². The molecule has 0 bridgehead atoms. The van der Waals surface area contributed by atoms with Crippen molar-refractivity contribution < 1.29 is 9.59 Å². The number of piperazine rings is 1. The number of hydrogen-bond acceptors (Lipinski definition) is 4. The van der Waals surface area contributed by atoms with Crippen molar-refractivity contribution in [1.82, 2.24) is 20.4 Å². The first kappa shape index (κ1) is 21.9. The van der Waals surface area contributed by atoms with E-state index in [-0.39, 0.29) is 18.0 Å². The molecule has 1 aromatic rings. The van der Waals surface area contributed by atoms with E-state index in [4.69, 9.17) is 0 Å². The van der Waals surface area contributed by atoms with Gasteiger partial charge in [-0.25, -0.2) is 4.79 Å². The van der Waals surface area contributed by atoms with E-state index < -0.39 is 0 Å². The number of nitrogens with zero attached hydrogens (tertiary/aromatic N) is 3. The van der Waals surface area contributed by atoms with Crippen LogP contribution >= 0.6 is 0 Å². The molecule has 31 heavy (non-hydrogen) atoms. The molecule has 7 nitrogen and oxygen atoms in total. The minimum atomic E-state index is -0.0896. The van der Waals surface area contributed by atoms with Crippen LogP contribution in [0.25, 0.3) is 0 Å². The molecule has 2 heterocycles. The highest BCUT2D eigenvalue weighted by Crippen LogP contribution is 2.27. The van der Waals surface area contributed by atoms with E-state index >= 15 is 0 Å². The summed E-state index contributed by atoms with van der Waals surface area (Å²) < 4.78 is 0. The van der Waals surface area contributed by atoms with E-state index in [2.05, 4.69) is 26.5 Å². The highest BCUT2D eigenvalue weighted by atomic mass is 16.2. The summed E-state index contributed by atoms with van der Waals surface area (Å²) in [6, 6.07) is 8.86. The van der Waals surface area contributed by atoms with Crippen LogP contribution in [0.3, 0.4) is 0 Å². The van der Waals surface area contributed by atoms with Crippen molar-refractivity contribution in [3.8, 4) is 0 Å². The maximum Gasteiger partial charge on any atom is 0.314 e. The zero-order valence-electron chi connectivity index (χ0n) is 18.8. The largest absolute Gasteiger partial charge is 0.371 e. The molecular weight excluding hydrogens is 390 g/mol. The fourth-order valence-electron chi connectivity index (χ4n) is 5.32. The Balaban J connectivity index is 1.34. The number of anilines is 1. The van der Waals surface area contributed by atoms with Crippen molar-refractivity contribution in [3.05, 3.63) is 29.8 Å². The van der Waals surface area contributed by atoms with Crippen LogP contribution in [0.15, 0.2) is 24.3 Å². The van der Waals surface area contributed by atoms with Crippen LogP contribution in [-0.2, 0) is 0 Å². The van der Waals surface area contributed by atoms with Gasteiger partial charge in [0.05, 0.1) is 5.56 Å². The van der Waals surface area contributed by atoms with Gasteiger partial charge in [-0.05, 0) is 44.7 Å². The molecule has 1 aliphatic carbocycles. The Morgan fingerprint density at radius 2 is 1.61 bits per heavy atom. The first-order valence-electron chi connectivity index (χ1n) is 12.1. The molecule has 4 rings (SSSR count).